The third-order valence-electron chi connectivity index (χ3n) is 6.09. The first-order valence-electron chi connectivity index (χ1n) is 10.9. The van der Waals surface area contributed by atoms with Crippen LogP contribution in [-0.2, 0) is 15.0 Å². The number of aliphatic hydroxyl groups excluding tert-OH is 1. The minimum Gasteiger partial charge on any atom is -0.507 e. The van der Waals surface area contributed by atoms with Gasteiger partial charge in [0.15, 0.2) is 0 Å². The Bertz CT molecular complexity index is 1340. The molecule has 3 aromatic carbocycles. The normalized spacial score (nSPS) is 17.9. The number of aryl methyl sites for hydroxylation is 1. The lowest BCUT2D eigenvalue weighted by atomic mass is 9.84. The Labute approximate surface area is 203 Å². The van der Waals surface area contributed by atoms with Crippen molar-refractivity contribution in [1.29, 1.82) is 0 Å². The van der Waals surface area contributed by atoms with Gasteiger partial charge in [0.05, 0.1) is 11.6 Å². The molecule has 1 aliphatic heterocycles. The van der Waals surface area contributed by atoms with Crippen molar-refractivity contribution in [1.82, 2.24) is 0 Å². The van der Waals surface area contributed by atoms with Gasteiger partial charge in [-0.15, -0.1) is 0 Å². The molecule has 4 rings (SSSR count). The molecular formula is C28H25ClFNO3. The Balaban J connectivity index is 2.01. The monoisotopic (exact) mass is 477 g/mol. The number of halogens is 2. The summed E-state index contributed by atoms with van der Waals surface area (Å²) in [5.74, 6) is -2.67. The number of hydrogen-bond donors (Lipinski definition) is 1. The van der Waals surface area contributed by atoms with E-state index in [9.17, 15) is 14.7 Å². The number of ketones is 1. The summed E-state index contributed by atoms with van der Waals surface area (Å²) in [6, 6.07) is 16.9. The molecule has 0 spiro atoms. The van der Waals surface area contributed by atoms with E-state index in [4.69, 9.17) is 11.6 Å². The molecule has 1 heterocycles. The van der Waals surface area contributed by atoms with Crippen LogP contribution in [0.5, 0.6) is 0 Å². The van der Waals surface area contributed by atoms with Crippen molar-refractivity contribution in [2.45, 2.75) is 39.2 Å². The molecule has 1 unspecified atom stereocenters. The zero-order valence-electron chi connectivity index (χ0n) is 19.4. The zero-order chi connectivity index (χ0) is 24.8. The quantitative estimate of drug-likeness (QED) is 0.259. The maximum atomic E-state index is 15.0. The molecule has 1 fully saturated rings. The van der Waals surface area contributed by atoms with Gasteiger partial charge in [-0.3, -0.25) is 14.5 Å². The Kier molecular flexibility index (Phi) is 6.09. The van der Waals surface area contributed by atoms with E-state index in [0.717, 1.165) is 11.1 Å². The SMILES string of the molecule is Cc1ccc(C(C)(C)C)cc1/C(O)=C1\C(=O)C(=O)N(c2cccc(Cl)c2)C1c1ccccc1F. The Morgan fingerprint density at radius 3 is 2.35 bits per heavy atom. The maximum absolute atomic E-state index is 15.0. The van der Waals surface area contributed by atoms with Crippen LogP contribution < -0.4 is 4.90 Å². The van der Waals surface area contributed by atoms with Gasteiger partial charge >= 0.3 is 0 Å². The van der Waals surface area contributed by atoms with Gasteiger partial charge in [0.1, 0.15) is 11.6 Å². The highest BCUT2D eigenvalue weighted by Gasteiger charge is 2.48. The van der Waals surface area contributed by atoms with E-state index in [1.165, 1.54) is 29.2 Å². The van der Waals surface area contributed by atoms with Crippen LogP contribution in [0.2, 0.25) is 5.02 Å². The predicted molar refractivity (Wildman–Crippen MR) is 133 cm³/mol. The number of carbonyl (C=O) groups is 2. The predicted octanol–water partition coefficient (Wildman–Crippen LogP) is 6.71. The van der Waals surface area contributed by atoms with Gasteiger partial charge < -0.3 is 5.11 Å². The molecule has 1 saturated heterocycles. The van der Waals surface area contributed by atoms with E-state index >= 15 is 4.39 Å². The lowest BCUT2D eigenvalue weighted by Gasteiger charge is -2.26. The molecule has 174 valence electrons. The van der Waals surface area contributed by atoms with Gasteiger partial charge in [-0.25, -0.2) is 4.39 Å². The van der Waals surface area contributed by atoms with Crippen LogP contribution in [0, 0.1) is 12.7 Å². The summed E-state index contributed by atoms with van der Waals surface area (Å²) in [4.78, 5) is 27.7. The molecule has 1 atom stereocenters. The van der Waals surface area contributed by atoms with E-state index < -0.39 is 23.5 Å². The van der Waals surface area contributed by atoms with Gasteiger partial charge in [0, 0.05) is 21.8 Å². The first-order valence-corrected chi connectivity index (χ1v) is 11.3. The number of anilines is 1. The van der Waals surface area contributed by atoms with Gasteiger partial charge in [-0.2, -0.15) is 0 Å². The Hall–Kier alpha value is -3.44. The van der Waals surface area contributed by atoms with E-state index in [2.05, 4.69) is 0 Å². The van der Waals surface area contributed by atoms with Gasteiger partial charge in [0.2, 0.25) is 0 Å². The number of aliphatic hydroxyl groups is 1. The van der Waals surface area contributed by atoms with Crippen molar-refractivity contribution >= 4 is 34.7 Å². The summed E-state index contributed by atoms with van der Waals surface area (Å²) >= 11 is 6.15. The lowest BCUT2D eigenvalue weighted by Crippen LogP contribution is -2.29. The number of amides is 1. The van der Waals surface area contributed by atoms with Crippen molar-refractivity contribution < 1.29 is 19.1 Å². The van der Waals surface area contributed by atoms with Crippen LogP contribution >= 0.6 is 11.6 Å². The highest BCUT2D eigenvalue weighted by molar-refractivity contribution is 6.51. The molecule has 0 aliphatic carbocycles. The number of Topliss-reactive ketones (excluding diaryl/α,β-unsaturated/α-hetero) is 1. The third kappa shape index (κ3) is 4.12. The molecule has 0 bridgehead atoms. The molecule has 1 amide bonds. The van der Waals surface area contributed by atoms with Crippen LogP contribution in [-0.4, -0.2) is 16.8 Å². The van der Waals surface area contributed by atoms with E-state index in [1.807, 2.05) is 45.9 Å². The Morgan fingerprint density at radius 2 is 1.71 bits per heavy atom. The summed E-state index contributed by atoms with van der Waals surface area (Å²) in [6.07, 6.45) is 0. The molecule has 6 heteroatoms. The topological polar surface area (TPSA) is 57.6 Å². The van der Waals surface area contributed by atoms with Crippen molar-refractivity contribution in [3.63, 3.8) is 0 Å². The van der Waals surface area contributed by atoms with Crippen LogP contribution in [0.25, 0.3) is 5.76 Å². The van der Waals surface area contributed by atoms with Crippen LogP contribution in [0.15, 0.2) is 72.3 Å². The molecule has 1 aliphatic rings. The molecule has 3 aromatic rings. The summed E-state index contributed by atoms with van der Waals surface area (Å²) < 4.78 is 15.0. The van der Waals surface area contributed by atoms with Crippen molar-refractivity contribution in [3.05, 3.63) is 105 Å². The average Bonchev–Trinajstić information content (AvgIpc) is 3.03. The van der Waals surface area contributed by atoms with Crippen molar-refractivity contribution in [3.8, 4) is 0 Å². The average molecular weight is 478 g/mol. The fourth-order valence-corrected chi connectivity index (χ4v) is 4.39. The highest BCUT2D eigenvalue weighted by Crippen LogP contribution is 2.44. The van der Waals surface area contributed by atoms with Crippen LogP contribution in [0.1, 0.15) is 49.1 Å². The third-order valence-corrected chi connectivity index (χ3v) is 6.32. The molecule has 34 heavy (non-hydrogen) atoms. The summed E-state index contributed by atoms with van der Waals surface area (Å²) in [5, 5.41) is 11.8. The first-order chi connectivity index (χ1) is 16.0. The molecule has 0 radical (unpaired) electrons. The Morgan fingerprint density at radius 1 is 1.00 bits per heavy atom. The number of rotatable bonds is 3. The van der Waals surface area contributed by atoms with Crippen LogP contribution in [0.3, 0.4) is 0 Å². The number of nitrogens with zero attached hydrogens (tertiary/aromatic N) is 1. The second kappa shape index (κ2) is 8.73. The van der Waals surface area contributed by atoms with Crippen molar-refractivity contribution in [2.75, 3.05) is 4.90 Å². The van der Waals surface area contributed by atoms with E-state index in [1.54, 1.807) is 24.3 Å². The number of hydrogen-bond acceptors (Lipinski definition) is 3. The molecule has 4 nitrogen and oxygen atoms in total. The number of carbonyl (C=O) groups excluding carboxylic acids is 2. The standard InChI is InChI=1S/C28H25ClFNO3/c1-16-12-13-17(28(2,3)4)14-21(16)25(32)23-24(20-10-5-6-11-22(20)30)31(27(34)26(23)33)19-9-7-8-18(29)15-19/h5-15,24,32H,1-4H3/b25-23+. The second-order valence-electron chi connectivity index (χ2n) is 9.45. The van der Waals surface area contributed by atoms with Gasteiger partial charge in [0.25, 0.3) is 11.7 Å². The second-order valence-corrected chi connectivity index (χ2v) is 9.89. The van der Waals surface area contributed by atoms with Crippen LogP contribution in [0.4, 0.5) is 10.1 Å². The fraction of sp³-hybridized carbons (Fsp3) is 0.214. The minimum atomic E-state index is -1.16. The summed E-state index contributed by atoms with van der Waals surface area (Å²) in [7, 11) is 0. The molecule has 0 aromatic heterocycles. The molecular weight excluding hydrogens is 453 g/mol. The van der Waals surface area contributed by atoms with E-state index in [0.29, 0.717) is 16.3 Å². The first kappa shape index (κ1) is 23.7. The summed E-state index contributed by atoms with van der Waals surface area (Å²) in [5.41, 5.74) is 2.18. The van der Waals surface area contributed by atoms with E-state index in [-0.39, 0.29) is 22.3 Å². The molecule has 0 saturated carbocycles. The molecule has 1 N–H and O–H groups in total. The van der Waals surface area contributed by atoms with Crippen molar-refractivity contribution in [2.24, 2.45) is 0 Å². The summed E-state index contributed by atoms with van der Waals surface area (Å²) in [6.45, 7) is 7.93. The minimum absolute atomic E-state index is 0.104. The van der Waals surface area contributed by atoms with Gasteiger partial charge in [-0.05, 0) is 53.8 Å². The highest BCUT2D eigenvalue weighted by atomic mass is 35.5. The lowest BCUT2D eigenvalue weighted by molar-refractivity contribution is -0.132. The largest absolute Gasteiger partial charge is 0.507 e. The maximum Gasteiger partial charge on any atom is 0.300 e. The fourth-order valence-electron chi connectivity index (χ4n) is 4.20. The van der Waals surface area contributed by atoms with Gasteiger partial charge in [-0.1, -0.05) is 68.8 Å². The number of benzene rings is 3. The zero-order valence-corrected chi connectivity index (χ0v) is 20.2. The smallest absolute Gasteiger partial charge is 0.300 e.